The van der Waals surface area contributed by atoms with Gasteiger partial charge in [0, 0.05) is 44.8 Å². The van der Waals surface area contributed by atoms with Gasteiger partial charge >= 0.3 is 0 Å². The number of aromatic nitrogens is 3. The summed E-state index contributed by atoms with van der Waals surface area (Å²) in [6.07, 6.45) is 3.37. The zero-order chi connectivity index (χ0) is 17.8. The van der Waals surface area contributed by atoms with E-state index in [9.17, 15) is 0 Å². The van der Waals surface area contributed by atoms with Crippen LogP contribution < -0.4 is 0 Å². The third kappa shape index (κ3) is 4.03. The van der Waals surface area contributed by atoms with Crippen molar-refractivity contribution in [1.29, 1.82) is 0 Å². The van der Waals surface area contributed by atoms with Gasteiger partial charge in [-0.1, -0.05) is 24.3 Å². The molecule has 4 rings (SSSR count). The Hall–Kier alpha value is -2.44. The van der Waals surface area contributed by atoms with Gasteiger partial charge in [-0.2, -0.15) is 5.10 Å². The van der Waals surface area contributed by atoms with E-state index >= 15 is 0 Å². The van der Waals surface area contributed by atoms with E-state index < -0.39 is 0 Å². The van der Waals surface area contributed by atoms with Crippen LogP contribution in [0.25, 0.3) is 11.3 Å². The molecule has 0 N–H and O–H groups in total. The van der Waals surface area contributed by atoms with E-state index in [0.29, 0.717) is 0 Å². The number of hydrogen-bond acceptors (Lipinski definition) is 5. The highest BCUT2D eigenvalue weighted by atomic mass is 16.3. The van der Waals surface area contributed by atoms with Crippen molar-refractivity contribution in [2.45, 2.75) is 20.0 Å². The molecule has 2 aromatic heterocycles. The molecule has 3 aromatic rings. The first-order chi connectivity index (χ1) is 12.8. The summed E-state index contributed by atoms with van der Waals surface area (Å²) in [6, 6.07) is 12.7. The van der Waals surface area contributed by atoms with Crippen LogP contribution in [0.2, 0.25) is 0 Å². The van der Waals surface area contributed by atoms with Gasteiger partial charge < -0.3 is 4.42 Å². The highest BCUT2D eigenvalue weighted by Crippen LogP contribution is 2.26. The smallest absolute Gasteiger partial charge is 0.137 e. The van der Waals surface area contributed by atoms with E-state index in [1.54, 1.807) is 12.7 Å². The van der Waals surface area contributed by atoms with Crippen molar-refractivity contribution < 1.29 is 4.42 Å². The maximum absolute atomic E-state index is 5.84. The Labute approximate surface area is 154 Å². The summed E-state index contributed by atoms with van der Waals surface area (Å²) in [5.74, 6) is 1.92. The van der Waals surface area contributed by atoms with Gasteiger partial charge in [-0.05, 0) is 24.6 Å². The van der Waals surface area contributed by atoms with Gasteiger partial charge in [-0.3, -0.25) is 14.5 Å². The van der Waals surface area contributed by atoms with Crippen molar-refractivity contribution in [3.63, 3.8) is 0 Å². The molecule has 1 aromatic carbocycles. The van der Waals surface area contributed by atoms with E-state index in [2.05, 4.69) is 50.2 Å². The molecule has 0 unspecified atom stereocenters. The maximum atomic E-state index is 5.84. The van der Waals surface area contributed by atoms with Crippen molar-refractivity contribution >= 4 is 0 Å². The van der Waals surface area contributed by atoms with Crippen molar-refractivity contribution in [2.24, 2.45) is 0 Å². The lowest BCUT2D eigenvalue weighted by Crippen LogP contribution is -2.46. The lowest BCUT2D eigenvalue weighted by Gasteiger charge is -2.34. The third-order valence-corrected chi connectivity index (χ3v) is 4.99. The number of benzene rings is 1. The summed E-state index contributed by atoms with van der Waals surface area (Å²) in [7, 11) is 0. The minimum atomic E-state index is 0.903. The van der Waals surface area contributed by atoms with Crippen LogP contribution in [0.5, 0.6) is 0 Å². The molecule has 0 radical (unpaired) electrons. The Balaban J connectivity index is 1.33. The summed E-state index contributed by atoms with van der Waals surface area (Å²) in [5.41, 5.74) is 2.53. The first-order valence-electron chi connectivity index (χ1n) is 9.20. The van der Waals surface area contributed by atoms with Crippen LogP contribution in [0.1, 0.15) is 11.3 Å². The molecule has 0 aliphatic carbocycles. The van der Waals surface area contributed by atoms with Crippen molar-refractivity contribution in [1.82, 2.24) is 24.6 Å². The van der Waals surface area contributed by atoms with Crippen LogP contribution in [0.15, 0.2) is 53.5 Å². The zero-order valence-corrected chi connectivity index (χ0v) is 15.2. The molecular formula is C20H25N5O. The van der Waals surface area contributed by atoms with Gasteiger partial charge in [-0.25, -0.2) is 4.98 Å². The molecule has 26 heavy (non-hydrogen) atoms. The molecule has 6 nitrogen and oxygen atoms in total. The quantitative estimate of drug-likeness (QED) is 0.683. The fourth-order valence-electron chi connectivity index (χ4n) is 3.48. The first kappa shape index (κ1) is 17.0. The monoisotopic (exact) mass is 351 g/mol. The summed E-state index contributed by atoms with van der Waals surface area (Å²) < 4.78 is 7.74. The van der Waals surface area contributed by atoms with Gasteiger partial charge in [0.1, 0.15) is 24.2 Å². The summed E-state index contributed by atoms with van der Waals surface area (Å²) in [6.45, 7) is 9.25. The van der Waals surface area contributed by atoms with E-state index in [1.165, 1.54) is 11.1 Å². The highest BCUT2D eigenvalue weighted by Gasteiger charge is 2.18. The third-order valence-electron chi connectivity index (χ3n) is 4.99. The molecule has 0 bridgehead atoms. The topological polar surface area (TPSA) is 50.3 Å². The first-order valence-corrected chi connectivity index (χ1v) is 9.20. The van der Waals surface area contributed by atoms with Crippen LogP contribution in [0.3, 0.4) is 0 Å². The molecule has 1 saturated heterocycles. The van der Waals surface area contributed by atoms with E-state index in [1.807, 2.05) is 17.7 Å². The normalized spacial score (nSPS) is 16.2. The molecule has 0 spiro atoms. The Kier molecular flexibility index (Phi) is 5.13. The number of furan rings is 1. The number of piperazine rings is 1. The lowest BCUT2D eigenvalue weighted by atomic mass is 10.0. The molecule has 0 atom stereocenters. The van der Waals surface area contributed by atoms with Crippen LogP contribution in [-0.2, 0) is 13.1 Å². The number of nitrogens with zero attached hydrogens (tertiary/aromatic N) is 5. The number of rotatable bonds is 6. The fourth-order valence-corrected chi connectivity index (χ4v) is 3.48. The largest absolute Gasteiger partial charge is 0.461 e. The Morgan fingerprint density at radius 3 is 2.50 bits per heavy atom. The predicted molar refractivity (Wildman–Crippen MR) is 101 cm³/mol. The number of aryl methyl sites for hydroxylation is 1. The Morgan fingerprint density at radius 2 is 1.77 bits per heavy atom. The van der Waals surface area contributed by atoms with Crippen LogP contribution >= 0.6 is 0 Å². The van der Waals surface area contributed by atoms with Gasteiger partial charge in [0.15, 0.2) is 0 Å². The average Bonchev–Trinajstić information content (AvgIpc) is 3.33. The minimum Gasteiger partial charge on any atom is -0.461 e. The lowest BCUT2D eigenvalue weighted by molar-refractivity contribution is 0.123. The standard InChI is InChI=1S/C20H25N5O/c1-17-6-7-20(26-17)19-5-3-2-4-18(19)14-24-10-8-23(9-11-24)12-13-25-16-21-15-22-25/h2-7,15-16H,8-14H2,1H3. The van der Waals surface area contributed by atoms with Crippen LogP contribution in [0.4, 0.5) is 0 Å². The van der Waals surface area contributed by atoms with Gasteiger partial charge in [0.2, 0.25) is 0 Å². The fraction of sp³-hybridized carbons (Fsp3) is 0.400. The summed E-state index contributed by atoms with van der Waals surface area (Å²) in [4.78, 5) is 9.03. The molecule has 0 amide bonds. The van der Waals surface area contributed by atoms with Crippen LogP contribution in [-0.4, -0.2) is 57.3 Å². The van der Waals surface area contributed by atoms with E-state index in [-0.39, 0.29) is 0 Å². The molecule has 6 heteroatoms. The van der Waals surface area contributed by atoms with Crippen molar-refractivity contribution in [3.8, 4) is 11.3 Å². The number of hydrogen-bond donors (Lipinski definition) is 0. The molecular weight excluding hydrogens is 326 g/mol. The molecule has 1 aliphatic heterocycles. The molecule has 0 saturated carbocycles. The second-order valence-corrected chi connectivity index (χ2v) is 6.84. The highest BCUT2D eigenvalue weighted by molar-refractivity contribution is 5.62. The molecule has 1 aliphatic rings. The second-order valence-electron chi connectivity index (χ2n) is 6.84. The molecule has 1 fully saturated rings. The van der Waals surface area contributed by atoms with Crippen LogP contribution in [0, 0.1) is 6.92 Å². The van der Waals surface area contributed by atoms with Gasteiger partial charge in [-0.15, -0.1) is 0 Å². The van der Waals surface area contributed by atoms with E-state index in [4.69, 9.17) is 4.42 Å². The second kappa shape index (κ2) is 7.85. The SMILES string of the molecule is Cc1ccc(-c2ccccc2CN2CCN(CCn3cncn3)CC2)o1. The maximum Gasteiger partial charge on any atom is 0.137 e. The zero-order valence-electron chi connectivity index (χ0n) is 15.2. The van der Waals surface area contributed by atoms with E-state index in [0.717, 1.165) is 57.3 Å². The predicted octanol–water partition coefficient (Wildman–Crippen LogP) is 2.66. The summed E-state index contributed by atoms with van der Waals surface area (Å²) >= 11 is 0. The Morgan fingerprint density at radius 1 is 0.962 bits per heavy atom. The average molecular weight is 351 g/mol. The molecule has 3 heterocycles. The Bertz CT molecular complexity index is 818. The molecule has 136 valence electrons. The van der Waals surface area contributed by atoms with Gasteiger partial charge in [0.25, 0.3) is 0 Å². The summed E-state index contributed by atoms with van der Waals surface area (Å²) in [5, 5.41) is 4.17. The van der Waals surface area contributed by atoms with Crippen molar-refractivity contribution in [2.75, 3.05) is 32.7 Å². The van der Waals surface area contributed by atoms with Crippen molar-refractivity contribution in [3.05, 3.63) is 60.4 Å². The minimum absolute atomic E-state index is 0.903. The van der Waals surface area contributed by atoms with Gasteiger partial charge in [0.05, 0.1) is 6.54 Å².